The van der Waals surface area contributed by atoms with Gasteiger partial charge in [-0.1, -0.05) is 32.9 Å². The Morgan fingerprint density at radius 1 is 1.29 bits per heavy atom. The fraction of sp³-hybridized carbons (Fsp3) is 0.571. The number of ether oxygens (including phenoxy) is 1. The number of benzene rings is 1. The lowest BCUT2D eigenvalue weighted by Crippen LogP contribution is -2.34. The van der Waals surface area contributed by atoms with E-state index in [-0.39, 0.29) is 17.3 Å². The lowest BCUT2D eigenvalue weighted by atomic mass is 9.83. The molecule has 0 aliphatic carbocycles. The van der Waals surface area contributed by atoms with E-state index in [1.807, 2.05) is 20.8 Å². The molecule has 0 saturated heterocycles. The fourth-order valence-corrected chi connectivity index (χ4v) is 1.98. The molecule has 17 heavy (non-hydrogen) atoms. The van der Waals surface area contributed by atoms with Gasteiger partial charge in [-0.15, -0.1) is 0 Å². The van der Waals surface area contributed by atoms with Gasteiger partial charge < -0.3 is 9.84 Å². The second-order valence-corrected chi connectivity index (χ2v) is 5.48. The molecule has 0 heterocycles. The molecule has 2 atom stereocenters. The highest BCUT2D eigenvalue weighted by Crippen LogP contribution is 2.32. The van der Waals surface area contributed by atoms with E-state index in [2.05, 4.69) is 0 Å². The maximum absolute atomic E-state index is 13.2. The zero-order valence-corrected chi connectivity index (χ0v) is 11.1. The summed E-state index contributed by atoms with van der Waals surface area (Å²) in [6, 6.07) is 4.64. The van der Waals surface area contributed by atoms with Crippen LogP contribution in [0.15, 0.2) is 18.2 Å². The van der Waals surface area contributed by atoms with Crippen molar-refractivity contribution >= 4 is 0 Å². The van der Waals surface area contributed by atoms with E-state index in [9.17, 15) is 9.50 Å². The monoisotopic (exact) mass is 240 g/mol. The number of aliphatic hydroxyl groups is 1. The zero-order chi connectivity index (χ0) is 13.2. The lowest BCUT2D eigenvalue weighted by Gasteiger charge is -2.33. The standard InChI is InChI=1S/C14H21FO2/c1-9-8-10(6-7-11(9)15)12(16)13(17-5)14(2,3)4/h6-8,12-13,16H,1-5H3. The summed E-state index contributed by atoms with van der Waals surface area (Å²) in [5.74, 6) is -0.259. The Morgan fingerprint density at radius 2 is 1.88 bits per heavy atom. The number of hydrogen-bond donors (Lipinski definition) is 1. The Bertz CT molecular complexity index is 382. The molecule has 1 N–H and O–H groups in total. The van der Waals surface area contributed by atoms with Crippen molar-refractivity contribution in [3.8, 4) is 0 Å². The summed E-state index contributed by atoms with van der Waals surface area (Å²) in [6.45, 7) is 7.69. The van der Waals surface area contributed by atoms with Crippen LogP contribution in [0, 0.1) is 18.2 Å². The number of rotatable bonds is 3. The first-order valence-electron chi connectivity index (χ1n) is 5.74. The minimum atomic E-state index is -0.751. The normalized spacial score (nSPS) is 15.7. The third-order valence-corrected chi connectivity index (χ3v) is 2.92. The Kier molecular flexibility index (Phi) is 4.28. The van der Waals surface area contributed by atoms with Crippen LogP contribution in [-0.2, 0) is 4.74 Å². The molecule has 0 saturated carbocycles. The molecule has 1 aromatic carbocycles. The molecule has 0 radical (unpaired) electrons. The fourth-order valence-electron chi connectivity index (χ4n) is 1.98. The predicted molar refractivity (Wildman–Crippen MR) is 66.3 cm³/mol. The number of halogens is 1. The van der Waals surface area contributed by atoms with Crippen LogP contribution in [-0.4, -0.2) is 18.3 Å². The highest BCUT2D eigenvalue weighted by atomic mass is 19.1. The van der Waals surface area contributed by atoms with Gasteiger partial charge >= 0.3 is 0 Å². The van der Waals surface area contributed by atoms with Gasteiger partial charge in [0.15, 0.2) is 0 Å². The molecule has 96 valence electrons. The van der Waals surface area contributed by atoms with Crippen LogP contribution < -0.4 is 0 Å². The van der Waals surface area contributed by atoms with Gasteiger partial charge in [-0.2, -0.15) is 0 Å². The van der Waals surface area contributed by atoms with E-state index < -0.39 is 6.10 Å². The molecule has 0 fully saturated rings. The van der Waals surface area contributed by atoms with E-state index in [1.54, 1.807) is 26.2 Å². The lowest BCUT2D eigenvalue weighted by molar-refractivity contribution is -0.0724. The third-order valence-electron chi connectivity index (χ3n) is 2.92. The average molecular weight is 240 g/mol. The summed E-state index contributed by atoms with van der Waals surface area (Å²) in [5, 5.41) is 10.3. The molecule has 2 nitrogen and oxygen atoms in total. The van der Waals surface area contributed by atoms with Gasteiger partial charge in [-0.25, -0.2) is 4.39 Å². The van der Waals surface area contributed by atoms with Crippen molar-refractivity contribution in [2.75, 3.05) is 7.11 Å². The summed E-state index contributed by atoms with van der Waals surface area (Å²) in [5.41, 5.74) is 1.03. The molecule has 1 aromatic rings. The predicted octanol–water partition coefficient (Wildman–Crippen LogP) is 3.23. The van der Waals surface area contributed by atoms with Crippen LogP contribution in [0.25, 0.3) is 0 Å². The van der Waals surface area contributed by atoms with Crippen molar-refractivity contribution in [2.45, 2.75) is 39.9 Å². The van der Waals surface area contributed by atoms with E-state index in [0.717, 1.165) is 0 Å². The van der Waals surface area contributed by atoms with Gasteiger partial charge in [0.25, 0.3) is 0 Å². The van der Waals surface area contributed by atoms with Gasteiger partial charge in [0.2, 0.25) is 0 Å². The Balaban J connectivity index is 3.02. The van der Waals surface area contributed by atoms with E-state index in [1.165, 1.54) is 6.07 Å². The van der Waals surface area contributed by atoms with Crippen molar-refractivity contribution in [3.05, 3.63) is 35.1 Å². The number of hydrogen-bond acceptors (Lipinski definition) is 2. The Labute approximate surface area is 102 Å². The maximum Gasteiger partial charge on any atom is 0.126 e. The zero-order valence-electron chi connectivity index (χ0n) is 11.1. The molecule has 0 spiro atoms. The third kappa shape index (κ3) is 3.27. The molecular weight excluding hydrogens is 219 g/mol. The topological polar surface area (TPSA) is 29.5 Å². The van der Waals surface area contributed by atoms with Gasteiger partial charge in [0.05, 0.1) is 6.10 Å². The summed E-state index contributed by atoms with van der Waals surface area (Å²) in [6.07, 6.45) is -1.08. The molecule has 0 amide bonds. The van der Waals surface area contributed by atoms with Crippen molar-refractivity contribution in [1.82, 2.24) is 0 Å². The Morgan fingerprint density at radius 3 is 2.29 bits per heavy atom. The van der Waals surface area contributed by atoms with Gasteiger partial charge in [-0.3, -0.25) is 0 Å². The first-order chi connectivity index (χ1) is 7.77. The van der Waals surface area contributed by atoms with Crippen LogP contribution in [0.1, 0.15) is 38.0 Å². The van der Waals surface area contributed by atoms with Crippen molar-refractivity contribution in [2.24, 2.45) is 5.41 Å². The van der Waals surface area contributed by atoms with Gasteiger partial charge in [0.1, 0.15) is 11.9 Å². The van der Waals surface area contributed by atoms with Gasteiger partial charge in [0, 0.05) is 7.11 Å². The van der Waals surface area contributed by atoms with Crippen molar-refractivity contribution in [3.63, 3.8) is 0 Å². The highest BCUT2D eigenvalue weighted by Gasteiger charge is 2.32. The molecule has 0 aliphatic rings. The van der Waals surface area contributed by atoms with Crippen LogP contribution in [0.4, 0.5) is 4.39 Å². The van der Waals surface area contributed by atoms with Crippen LogP contribution in [0.2, 0.25) is 0 Å². The second-order valence-electron chi connectivity index (χ2n) is 5.48. The van der Waals surface area contributed by atoms with Crippen LogP contribution in [0.5, 0.6) is 0 Å². The number of aliphatic hydroxyl groups excluding tert-OH is 1. The minimum Gasteiger partial charge on any atom is -0.386 e. The molecule has 0 aromatic heterocycles. The van der Waals surface area contributed by atoms with Crippen LogP contribution in [0.3, 0.4) is 0 Å². The summed E-state index contributed by atoms with van der Waals surface area (Å²) < 4.78 is 18.5. The first kappa shape index (κ1) is 14.1. The smallest absolute Gasteiger partial charge is 0.126 e. The minimum absolute atomic E-state index is 0.184. The van der Waals surface area contributed by atoms with Crippen molar-refractivity contribution < 1.29 is 14.2 Å². The number of methoxy groups -OCH3 is 1. The van der Waals surface area contributed by atoms with Crippen LogP contribution >= 0.6 is 0 Å². The van der Waals surface area contributed by atoms with Crippen molar-refractivity contribution in [1.29, 1.82) is 0 Å². The second kappa shape index (κ2) is 5.15. The first-order valence-corrected chi connectivity index (χ1v) is 5.74. The summed E-state index contributed by atoms with van der Waals surface area (Å²) in [7, 11) is 1.58. The quantitative estimate of drug-likeness (QED) is 0.879. The molecule has 1 rings (SSSR count). The molecular formula is C14H21FO2. The van der Waals surface area contributed by atoms with E-state index in [0.29, 0.717) is 11.1 Å². The average Bonchev–Trinajstić information content (AvgIpc) is 2.20. The number of aryl methyl sites for hydroxylation is 1. The summed E-state index contributed by atoms with van der Waals surface area (Å²) in [4.78, 5) is 0. The molecule has 2 unspecified atom stereocenters. The molecule has 3 heteroatoms. The largest absolute Gasteiger partial charge is 0.386 e. The summed E-state index contributed by atoms with van der Waals surface area (Å²) >= 11 is 0. The van der Waals surface area contributed by atoms with Gasteiger partial charge in [-0.05, 0) is 29.5 Å². The SMILES string of the molecule is COC(C(O)c1ccc(F)c(C)c1)C(C)(C)C. The van der Waals surface area contributed by atoms with E-state index in [4.69, 9.17) is 4.74 Å². The molecule has 0 aliphatic heterocycles. The molecule has 0 bridgehead atoms. The maximum atomic E-state index is 13.2. The van der Waals surface area contributed by atoms with E-state index >= 15 is 0 Å². The highest BCUT2D eigenvalue weighted by molar-refractivity contribution is 5.26. The Hall–Kier alpha value is -0.930.